The predicted octanol–water partition coefficient (Wildman–Crippen LogP) is 3.10. The lowest BCUT2D eigenvalue weighted by molar-refractivity contribution is -0.124. The number of fused-ring (bicyclic) bond motifs is 1. The fraction of sp³-hybridized carbons (Fsp3) is 0.364. The van der Waals surface area contributed by atoms with Gasteiger partial charge in [-0.25, -0.2) is 0 Å². The zero-order valence-corrected chi connectivity index (χ0v) is 16.7. The summed E-state index contributed by atoms with van der Waals surface area (Å²) in [7, 11) is 0. The van der Waals surface area contributed by atoms with Gasteiger partial charge in [0.05, 0.1) is 0 Å². The van der Waals surface area contributed by atoms with Gasteiger partial charge in [-0.15, -0.1) is 0 Å². The maximum atomic E-state index is 12.7. The highest BCUT2D eigenvalue weighted by Crippen LogP contribution is 2.32. The van der Waals surface area contributed by atoms with Gasteiger partial charge < -0.3 is 20.1 Å². The Morgan fingerprint density at radius 2 is 1.75 bits per heavy atom. The van der Waals surface area contributed by atoms with Crippen molar-refractivity contribution in [3.63, 3.8) is 0 Å². The van der Waals surface area contributed by atoms with Crippen LogP contribution in [0, 0.1) is 19.8 Å². The summed E-state index contributed by atoms with van der Waals surface area (Å²) in [5.41, 5.74) is 3.62. The molecule has 2 aromatic rings. The van der Waals surface area contributed by atoms with E-state index in [2.05, 4.69) is 10.6 Å². The van der Waals surface area contributed by atoms with Crippen LogP contribution in [0.4, 0.5) is 0 Å². The lowest BCUT2D eigenvalue weighted by Gasteiger charge is -2.22. The van der Waals surface area contributed by atoms with E-state index in [4.69, 9.17) is 9.47 Å². The molecule has 1 aliphatic heterocycles. The van der Waals surface area contributed by atoms with Crippen molar-refractivity contribution >= 4 is 11.8 Å². The lowest BCUT2D eigenvalue weighted by Crippen LogP contribution is -2.49. The molecule has 148 valence electrons. The van der Waals surface area contributed by atoms with Crippen LogP contribution in [0.5, 0.6) is 11.5 Å². The fourth-order valence-corrected chi connectivity index (χ4v) is 2.99. The van der Waals surface area contributed by atoms with E-state index in [1.807, 2.05) is 58.0 Å². The van der Waals surface area contributed by atoms with Crippen LogP contribution in [0.15, 0.2) is 36.4 Å². The summed E-state index contributed by atoms with van der Waals surface area (Å²) >= 11 is 0. The summed E-state index contributed by atoms with van der Waals surface area (Å²) in [5, 5.41) is 5.76. The molecule has 3 rings (SSSR count). The van der Waals surface area contributed by atoms with Crippen molar-refractivity contribution in [1.29, 1.82) is 0 Å². The van der Waals surface area contributed by atoms with Gasteiger partial charge >= 0.3 is 0 Å². The van der Waals surface area contributed by atoms with E-state index in [9.17, 15) is 9.59 Å². The number of hydrogen-bond acceptors (Lipinski definition) is 4. The van der Waals surface area contributed by atoms with Gasteiger partial charge in [-0.2, -0.15) is 0 Å². The number of hydrogen-bond donors (Lipinski definition) is 2. The van der Waals surface area contributed by atoms with Crippen LogP contribution < -0.4 is 20.1 Å². The topological polar surface area (TPSA) is 76.7 Å². The first-order valence-electron chi connectivity index (χ1n) is 9.39. The van der Waals surface area contributed by atoms with Gasteiger partial charge in [0.2, 0.25) is 12.7 Å². The number of carbonyl (C=O) groups is 2. The molecule has 0 spiro atoms. The average molecular weight is 382 g/mol. The molecule has 0 bridgehead atoms. The molecule has 2 N–H and O–H groups in total. The fourth-order valence-electron chi connectivity index (χ4n) is 2.99. The van der Waals surface area contributed by atoms with Crippen LogP contribution >= 0.6 is 0 Å². The van der Waals surface area contributed by atoms with Gasteiger partial charge in [0, 0.05) is 12.1 Å². The molecule has 0 fully saturated rings. The van der Waals surface area contributed by atoms with Gasteiger partial charge in [0.1, 0.15) is 6.04 Å². The minimum atomic E-state index is -0.622. The molecule has 2 aromatic carbocycles. The van der Waals surface area contributed by atoms with Crippen molar-refractivity contribution in [2.24, 2.45) is 5.92 Å². The predicted molar refractivity (Wildman–Crippen MR) is 106 cm³/mol. The van der Waals surface area contributed by atoms with E-state index in [0.717, 1.165) is 16.7 Å². The van der Waals surface area contributed by atoms with E-state index < -0.39 is 6.04 Å². The molecule has 0 aromatic heterocycles. The highest BCUT2D eigenvalue weighted by molar-refractivity contribution is 5.97. The maximum absolute atomic E-state index is 12.7. The largest absolute Gasteiger partial charge is 0.454 e. The molecule has 0 saturated carbocycles. The van der Waals surface area contributed by atoms with Crippen LogP contribution in [0.3, 0.4) is 0 Å². The van der Waals surface area contributed by atoms with Gasteiger partial charge in [0.15, 0.2) is 11.5 Å². The SMILES string of the molecule is Cc1ccc(C(=O)N[C@H](C(=O)NCc2ccc3c(c2)OCO3)C(C)C)cc1C. The molecule has 0 aliphatic carbocycles. The molecule has 0 unspecified atom stereocenters. The van der Waals surface area contributed by atoms with Crippen molar-refractivity contribution < 1.29 is 19.1 Å². The quantitative estimate of drug-likeness (QED) is 0.805. The summed E-state index contributed by atoms with van der Waals surface area (Å²) in [6.07, 6.45) is 0. The average Bonchev–Trinajstić information content (AvgIpc) is 3.13. The third-order valence-corrected chi connectivity index (χ3v) is 4.91. The number of amides is 2. The number of aryl methyl sites for hydroxylation is 2. The number of carbonyl (C=O) groups excluding carboxylic acids is 2. The van der Waals surface area contributed by atoms with E-state index in [1.165, 1.54) is 0 Å². The third-order valence-electron chi connectivity index (χ3n) is 4.91. The van der Waals surface area contributed by atoms with Gasteiger partial charge in [-0.3, -0.25) is 9.59 Å². The van der Waals surface area contributed by atoms with Crippen molar-refractivity contribution in [1.82, 2.24) is 10.6 Å². The molecule has 1 heterocycles. The third kappa shape index (κ3) is 4.44. The Morgan fingerprint density at radius 1 is 1.00 bits per heavy atom. The first kappa shape index (κ1) is 19.7. The highest BCUT2D eigenvalue weighted by Gasteiger charge is 2.25. The summed E-state index contributed by atoms with van der Waals surface area (Å²) in [5.74, 6) is 0.864. The summed E-state index contributed by atoms with van der Waals surface area (Å²) in [6.45, 7) is 8.34. The molecule has 1 atom stereocenters. The van der Waals surface area contributed by atoms with Crippen molar-refractivity contribution in [3.05, 3.63) is 58.7 Å². The Hall–Kier alpha value is -3.02. The van der Waals surface area contributed by atoms with E-state index in [-0.39, 0.29) is 24.5 Å². The van der Waals surface area contributed by atoms with E-state index in [0.29, 0.717) is 23.6 Å². The molecule has 6 heteroatoms. The van der Waals surface area contributed by atoms with Crippen LogP contribution in [-0.2, 0) is 11.3 Å². The standard InChI is InChI=1S/C22H26N2O4/c1-13(2)20(24-21(25)17-7-5-14(3)15(4)9-17)22(26)23-11-16-6-8-18-19(10-16)28-12-27-18/h5-10,13,20H,11-12H2,1-4H3,(H,23,26)(H,24,25)/t20-/m0/s1. The van der Waals surface area contributed by atoms with E-state index in [1.54, 1.807) is 6.07 Å². The number of benzene rings is 2. The molecule has 6 nitrogen and oxygen atoms in total. The first-order chi connectivity index (χ1) is 13.3. The summed E-state index contributed by atoms with van der Waals surface area (Å²) < 4.78 is 10.7. The molecule has 28 heavy (non-hydrogen) atoms. The Morgan fingerprint density at radius 3 is 2.46 bits per heavy atom. The van der Waals surface area contributed by atoms with Crippen molar-refractivity contribution in [2.45, 2.75) is 40.3 Å². The normalized spacial score (nSPS) is 13.3. The molecular formula is C22H26N2O4. The zero-order valence-electron chi connectivity index (χ0n) is 16.7. The monoisotopic (exact) mass is 382 g/mol. The molecule has 0 saturated heterocycles. The number of ether oxygens (including phenoxy) is 2. The minimum Gasteiger partial charge on any atom is -0.454 e. The molecule has 2 amide bonds. The Bertz CT molecular complexity index is 892. The summed E-state index contributed by atoms with van der Waals surface area (Å²) in [4.78, 5) is 25.3. The van der Waals surface area contributed by atoms with Crippen LogP contribution in [0.1, 0.15) is 40.9 Å². The van der Waals surface area contributed by atoms with E-state index >= 15 is 0 Å². The zero-order chi connectivity index (χ0) is 20.3. The first-order valence-corrected chi connectivity index (χ1v) is 9.39. The maximum Gasteiger partial charge on any atom is 0.251 e. The second kappa shape index (κ2) is 8.33. The molecular weight excluding hydrogens is 356 g/mol. The van der Waals surface area contributed by atoms with Crippen molar-refractivity contribution in [2.75, 3.05) is 6.79 Å². The van der Waals surface area contributed by atoms with Gasteiger partial charge in [-0.05, 0) is 60.7 Å². The van der Waals surface area contributed by atoms with Gasteiger partial charge in [-0.1, -0.05) is 26.0 Å². The highest BCUT2D eigenvalue weighted by atomic mass is 16.7. The van der Waals surface area contributed by atoms with Crippen LogP contribution in [0.25, 0.3) is 0 Å². The van der Waals surface area contributed by atoms with Crippen LogP contribution in [0.2, 0.25) is 0 Å². The lowest BCUT2D eigenvalue weighted by atomic mass is 10.0. The molecule has 0 radical (unpaired) electrons. The minimum absolute atomic E-state index is 0.0488. The Labute approximate surface area is 165 Å². The summed E-state index contributed by atoms with van der Waals surface area (Å²) in [6, 6.07) is 10.5. The second-order valence-corrected chi connectivity index (χ2v) is 7.40. The van der Waals surface area contributed by atoms with Crippen molar-refractivity contribution in [3.8, 4) is 11.5 Å². The smallest absolute Gasteiger partial charge is 0.251 e. The molecule has 1 aliphatic rings. The second-order valence-electron chi connectivity index (χ2n) is 7.40. The Balaban J connectivity index is 1.63. The van der Waals surface area contributed by atoms with Crippen LogP contribution in [-0.4, -0.2) is 24.6 Å². The Kier molecular flexibility index (Phi) is 5.87. The number of nitrogens with one attached hydrogen (secondary N) is 2. The van der Waals surface area contributed by atoms with Gasteiger partial charge in [0.25, 0.3) is 5.91 Å². The number of rotatable bonds is 6.